The summed E-state index contributed by atoms with van der Waals surface area (Å²) < 4.78 is 5.07. The first-order valence-electron chi connectivity index (χ1n) is 5.26. The van der Waals surface area contributed by atoms with Crippen molar-refractivity contribution in [2.75, 3.05) is 0 Å². The Morgan fingerprint density at radius 1 is 1.35 bits per heavy atom. The molecule has 1 N–H and O–H groups in total. The topological polar surface area (TPSA) is 76.2 Å². The van der Waals surface area contributed by atoms with Gasteiger partial charge in [-0.05, 0) is 19.1 Å². The summed E-state index contributed by atoms with van der Waals surface area (Å²) in [4.78, 5) is 14.5. The molecule has 2 rings (SSSR count). The van der Waals surface area contributed by atoms with Crippen molar-refractivity contribution in [2.24, 2.45) is 0 Å². The lowest BCUT2D eigenvalue weighted by Gasteiger charge is -1.94. The highest BCUT2D eigenvalue weighted by Crippen LogP contribution is 2.17. The SMILES string of the molecule is Cc1ccc(-c2nc(CCC(=O)O)no2)cc1. The summed E-state index contributed by atoms with van der Waals surface area (Å²) in [6, 6.07) is 7.69. The molecule has 1 aromatic heterocycles. The van der Waals surface area contributed by atoms with Gasteiger partial charge in [0, 0.05) is 12.0 Å². The van der Waals surface area contributed by atoms with Gasteiger partial charge in [-0.2, -0.15) is 4.98 Å². The van der Waals surface area contributed by atoms with E-state index in [4.69, 9.17) is 9.63 Å². The molecule has 1 aromatic carbocycles. The number of carboxylic acids is 1. The van der Waals surface area contributed by atoms with Crippen LogP contribution >= 0.6 is 0 Å². The summed E-state index contributed by atoms with van der Waals surface area (Å²) in [5, 5.41) is 12.3. The van der Waals surface area contributed by atoms with Crippen LogP contribution in [0.1, 0.15) is 17.8 Å². The fourth-order valence-corrected chi connectivity index (χ4v) is 1.39. The zero-order valence-corrected chi connectivity index (χ0v) is 9.38. The molecule has 5 heteroatoms. The maximum atomic E-state index is 10.4. The van der Waals surface area contributed by atoms with Crippen LogP contribution in [0.3, 0.4) is 0 Å². The molecule has 0 aliphatic rings. The Morgan fingerprint density at radius 2 is 2.06 bits per heavy atom. The molecule has 0 fully saturated rings. The third-order valence-corrected chi connectivity index (χ3v) is 2.33. The molecule has 0 saturated carbocycles. The predicted molar refractivity (Wildman–Crippen MR) is 60.4 cm³/mol. The Balaban J connectivity index is 2.12. The van der Waals surface area contributed by atoms with Crippen LogP contribution in [0.15, 0.2) is 28.8 Å². The molecule has 88 valence electrons. The fourth-order valence-electron chi connectivity index (χ4n) is 1.39. The molecule has 17 heavy (non-hydrogen) atoms. The van der Waals surface area contributed by atoms with E-state index < -0.39 is 5.97 Å². The summed E-state index contributed by atoms with van der Waals surface area (Å²) in [6.07, 6.45) is 0.289. The lowest BCUT2D eigenvalue weighted by atomic mass is 10.1. The summed E-state index contributed by atoms with van der Waals surface area (Å²) in [5.41, 5.74) is 1.99. The highest BCUT2D eigenvalue weighted by atomic mass is 16.5. The molecule has 0 bridgehead atoms. The van der Waals surface area contributed by atoms with Crippen LogP contribution in [0.25, 0.3) is 11.5 Å². The Kier molecular flexibility index (Phi) is 3.18. The van der Waals surface area contributed by atoms with E-state index in [1.54, 1.807) is 0 Å². The van der Waals surface area contributed by atoms with Crippen LogP contribution in [-0.4, -0.2) is 21.2 Å². The fraction of sp³-hybridized carbons (Fsp3) is 0.250. The molecule has 0 amide bonds. The van der Waals surface area contributed by atoms with Gasteiger partial charge in [0.25, 0.3) is 5.89 Å². The first-order chi connectivity index (χ1) is 8.15. The molecule has 0 radical (unpaired) electrons. The Labute approximate surface area is 98.1 Å². The monoisotopic (exact) mass is 232 g/mol. The van der Waals surface area contributed by atoms with Crippen molar-refractivity contribution in [1.29, 1.82) is 0 Å². The highest BCUT2D eigenvalue weighted by Gasteiger charge is 2.09. The lowest BCUT2D eigenvalue weighted by Crippen LogP contribution is -1.98. The number of carbonyl (C=O) groups is 1. The Morgan fingerprint density at radius 3 is 2.71 bits per heavy atom. The number of aromatic nitrogens is 2. The van der Waals surface area contributed by atoms with Gasteiger partial charge in [0.1, 0.15) is 0 Å². The van der Waals surface area contributed by atoms with Crippen LogP contribution in [0.5, 0.6) is 0 Å². The normalized spacial score (nSPS) is 10.4. The van der Waals surface area contributed by atoms with Gasteiger partial charge in [0.05, 0.1) is 6.42 Å². The van der Waals surface area contributed by atoms with E-state index in [-0.39, 0.29) is 12.8 Å². The van der Waals surface area contributed by atoms with Crippen LogP contribution < -0.4 is 0 Å². The van der Waals surface area contributed by atoms with Crippen LogP contribution in [0.4, 0.5) is 0 Å². The van der Waals surface area contributed by atoms with E-state index in [0.29, 0.717) is 11.7 Å². The minimum atomic E-state index is -0.869. The molecular formula is C12H12N2O3. The van der Waals surface area contributed by atoms with Gasteiger partial charge in [-0.15, -0.1) is 0 Å². The van der Waals surface area contributed by atoms with Gasteiger partial charge in [-0.3, -0.25) is 4.79 Å². The first kappa shape index (κ1) is 11.3. The van der Waals surface area contributed by atoms with Gasteiger partial charge in [0.15, 0.2) is 5.82 Å². The second-order valence-corrected chi connectivity index (χ2v) is 3.78. The van der Waals surface area contributed by atoms with Crippen LogP contribution in [0, 0.1) is 6.92 Å². The van der Waals surface area contributed by atoms with E-state index in [1.807, 2.05) is 31.2 Å². The van der Waals surface area contributed by atoms with E-state index in [1.165, 1.54) is 0 Å². The van der Waals surface area contributed by atoms with Crippen LogP contribution in [-0.2, 0) is 11.2 Å². The van der Waals surface area contributed by atoms with Gasteiger partial charge in [0.2, 0.25) is 0 Å². The van der Waals surface area contributed by atoms with Crippen molar-refractivity contribution >= 4 is 5.97 Å². The van der Waals surface area contributed by atoms with Crippen molar-refractivity contribution in [3.63, 3.8) is 0 Å². The molecule has 0 aliphatic heterocycles. The predicted octanol–water partition coefficient (Wildman–Crippen LogP) is 2.06. The number of hydrogen-bond donors (Lipinski definition) is 1. The molecule has 0 atom stereocenters. The van der Waals surface area contributed by atoms with Crippen molar-refractivity contribution < 1.29 is 14.4 Å². The molecule has 0 aliphatic carbocycles. The number of hydrogen-bond acceptors (Lipinski definition) is 4. The number of carboxylic acid groups (broad SMARTS) is 1. The van der Waals surface area contributed by atoms with Crippen molar-refractivity contribution in [2.45, 2.75) is 19.8 Å². The zero-order chi connectivity index (χ0) is 12.3. The molecule has 0 saturated heterocycles. The maximum Gasteiger partial charge on any atom is 0.303 e. The number of nitrogens with zero attached hydrogens (tertiary/aromatic N) is 2. The molecular weight excluding hydrogens is 220 g/mol. The van der Waals surface area contributed by atoms with Crippen LogP contribution in [0.2, 0.25) is 0 Å². The smallest absolute Gasteiger partial charge is 0.303 e. The summed E-state index contributed by atoms with van der Waals surface area (Å²) in [6.45, 7) is 2.00. The largest absolute Gasteiger partial charge is 0.481 e. The molecule has 0 spiro atoms. The average molecular weight is 232 g/mol. The van der Waals surface area contributed by atoms with Crippen molar-refractivity contribution in [3.8, 4) is 11.5 Å². The lowest BCUT2D eigenvalue weighted by molar-refractivity contribution is -0.137. The first-order valence-corrected chi connectivity index (χ1v) is 5.26. The van der Waals surface area contributed by atoms with Crippen molar-refractivity contribution in [3.05, 3.63) is 35.7 Å². The third kappa shape index (κ3) is 2.90. The summed E-state index contributed by atoms with van der Waals surface area (Å²) >= 11 is 0. The second-order valence-electron chi connectivity index (χ2n) is 3.78. The molecule has 2 aromatic rings. The average Bonchev–Trinajstić information content (AvgIpc) is 2.76. The van der Waals surface area contributed by atoms with Gasteiger partial charge in [-0.25, -0.2) is 0 Å². The molecule has 0 unspecified atom stereocenters. The van der Waals surface area contributed by atoms with Crippen molar-refractivity contribution in [1.82, 2.24) is 10.1 Å². The van der Waals surface area contributed by atoms with E-state index >= 15 is 0 Å². The van der Waals surface area contributed by atoms with E-state index in [9.17, 15) is 4.79 Å². The van der Waals surface area contributed by atoms with Gasteiger partial charge < -0.3 is 9.63 Å². The van der Waals surface area contributed by atoms with E-state index in [2.05, 4.69) is 10.1 Å². The minimum Gasteiger partial charge on any atom is -0.481 e. The quantitative estimate of drug-likeness (QED) is 0.873. The molecule has 5 nitrogen and oxygen atoms in total. The number of benzene rings is 1. The standard InChI is InChI=1S/C12H12N2O3/c1-8-2-4-9(5-3-8)12-13-10(14-17-12)6-7-11(15)16/h2-5H,6-7H2,1H3,(H,15,16). The van der Waals surface area contributed by atoms with Gasteiger partial charge >= 0.3 is 5.97 Å². The van der Waals surface area contributed by atoms with E-state index in [0.717, 1.165) is 11.1 Å². The third-order valence-electron chi connectivity index (χ3n) is 2.33. The number of aryl methyl sites for hydroxylation is 2. The second kappa shape index (κ2) is 4.78. The number of aliphatic carboxylic acids is 1. The van der Waals surface area contributed by atoms with Gasteiger partial charge in [-0.1, -0.05) is 22.9 Å². The number of rotatable bonds is 4. The highest BCUT2D eigenvalue weighted by molar-refractivity contribution is 5.66. The minimum absolute atomic E-state index is 0.00682. The Bertz CT molecular complexity index is 517. The molecule has 1 heterocycles. The zero-order valence-electron chi connectivity index (χ0n) is 9.38. The Hall–Kier alpha value is -2.17. The summed E-state index contributed by atoms with van der Waals surface area (Å²) in [7, 11) is 0. The summed E-state index contributed by atoms with van der Waals surface area (Å²) in [5.74, 6) is -0.0277. The maximum absolute atomic E-state index is 10.4.